The zero-order chi connectivity index (χ0) is 17.9. The van der Waals surface area contributed by atoms with Crippen molar-refractivity contribution in [2.75, 3.05) is 26.3 Å². The van der Waals surface area contributed by atoms with E-state index < -0.39 is 0 Å². The standard InChI is InChI=1S/C19H22N4O2S/c1-13-10-16-18(26-13)15(12-23-6-8-25-9-7-23)17(22-16)19(24)21-11-14-2-4-20-5-3-14/h2-5,10,22H,6-9,11-12H2,1H3,(H,21,24). The number of aromatic nitrogens is 2. The van der Waals surface area contributed by atoms with Crippen LogP contribution in [0.15, 0.2) is 30.6 Å². The number of carbonyl (C=O) groups is 1. The molecule has 26 heavy (non-hydrogen) atoms. The molecule has 0 bridgehead atoms. The fourth-order valence-electron chi connectivity index (χ4n) is 3.25. The lowest BCUT2D eigenvalue weighted by molar-refractivity contribution is 0.0342. The van der Waals surface area contributed by atoms with E-state index >= 15 is 0 Å². The number of aryl methyl sites for hydroxylation is 1. The number of morpholine rings is 1. The lowest BCUT2D eigenvalue weighted by atomic mass is 10.2. The summed E-state index contributed by atoms with van der Waals surface area (Å²) in [5.74, 6) is -0.0638. The maximum atomic E-state index is 12.8. The van der Waals surface area contributed by atoms with Crippen molar-refractivity contribution in [1.29, 1.82) is 0 Å². The number of hydrogen-bond donors (Lipinski definition) is 2. The van der Waals surface area contributed by atoms with Crippen molar-refractivity contribution < 1.29 is 9.53 Å². The molecule has 3 aromatic heterocycles. The molecular formula is C19H22N4O2S. The van der Waals surface area contributed by atoms with E-state index in [0.29, 0.717) is 12.2 Å². The molecule has 1 fully saturated rings. The highest BCUT2D eigenvalue weighted by atomic mass is 32.1. The van der Waals surface area contributed by atoms with Crippen LogP contribution >= 0.6 is 11.3 Å². The minimum Gasteiger partial charge on any atom is -0.379 e. The first-order valence-electron chi connectivity index (χ1n) is 8.79. The van der Waals surface area contributed by atoms with Crippen LogP contribution in [-0.2, 0) is 17.8 Å². The summed E-state index contributed by atoms with van der Waals surface area (Å²) in [6, 6.07) is 5.93. The average molecular weight is 370 g/mol. The Labute approximate surface area is 156 Å². The number of pyridine rings is 1. The monoisotopic (exact) mass is 370 g/mol. The van der Waals surface area contributed by atoms with E-state index in [1.165, 1.54) is 9.58 Å². The molecule has 1 aliphatic heterocycles. The predicted molar refractivity (Wildman–Crippen MR) is 102 cm³/mol. The van der Waals surface area contributed by atoms with Crippen LogP contribution in [0.1, 0.15) is 26.5 Å². The van der Waals surface area contributed by atoms with Gasteiger partial charge in [-0.2, -0.15) is 0 Å². The molecule has 0 radical (unpaired) electrons. The molecule has 3 aromatic rings. The van der Waals surface area contributed by atoms with E-state index in [1.54, 1.807) is 23.7 Å². The lowest BCUT2D eigenvalue weighted by Crippen LogP contribution is -2.36. The summed E-state index contributed by atoms with van der Waals surface area (Å²) in [7, 11) is 0. The number of ether oxygens (including phenoxy) is 1. The summed E-state index contributed by atoms with van der Waals surface area (Å²) in [5, 5.41) is 3.02. The average Bonchev–Trinajstić information content (AvgIpc) is 3.19. The van der Waals surface area contributed by atoms with Crippen LogP contribution in [0, 0.1) is 6.92 Å². The SMILES string of the molecule is Cc1cc2[nH]c(C(=O)NCc3ccncc3)c(CN3CCOCC3)c2s1. The van der Waals surface area contributed by atoms with Gasteiger partial charge in [-0.05, 0) is 30.7 Å². The molecule has 1 aliphatic rings. The van der Waals surface area contributed by atoms with Crippen LogP contribution in [0.5, 0.6) is 0 Å². The fraction of sp³-hybridized carbons (Fsp3) is 0.368. The van der Waals surface area contributed by atoms with Gasteiger partial charge in [0.05, 0.1) is 23.4 Å². The number of carbonyl (C=O) groups excluding carboxylic acids is 1. The van der Waals surface area contributed by atoms with Gasteiger partial charge in [-0.3, -0.25) is 14.7 Å². The molecule has 136 valence electrons. The van der Waals surface area contributed by atoms with Gasteiger partial charge >= 0.3 is 0 Å². The Morgan fingerprint density at radius 3 is 2.88 bits per heavy atom. The van der Waals surface area contributed by atoms with Gasteiger partial charge in [0.1, 0.15) is 5.69 Å². The minimum absolute atomic E-state index is 0.0638. The quantitative estimate of drug-likeness (QED) is 0.724. The molecule has 0 aliphatic carbocycles. The first kappa shape index (κ1) is 17.2. The van der Waals surface area contributed by atoms with E-state index in [4.69, 9.17) is 4.74 Å². The van der Waals surface area contributed by atoms with Gasteiger partial charge in [0.15, 0.2) is 0 Å². The van der Waals surface area contributed by atoms with E-state index in [9.17, 15) is 4.79 Å². The third kappa shape index (κ3) is 3.65. The van der Waals surface area contributed by atoms with Gasteiger partial charge < -0.3 is 15.0 Å². The number of H-pyrrole nitrogens is 1. The van der Waals surface area contributed by atoms with Crippen LogP contribution in [0.4, 0.5) is 0 Å². The molecule has 1 saturated heterocycles. The van der Waals surface area contributed by atoms with E-state index in [1.807, 2.05) is 12.1 Å². The van der Waals surface area contributed by atoms with Crippen LogP contribution < -0.4 is 5.32 Å². The molecular weight excluding hydrogens is 348 g/mol. The van der Waals surface area contributed by atoms with Crippen LogP contribution in [0.3, 0.4) is 0 Å². The van der Waals surface area contributed by atoms with Crippen molar-refractivity contribution in [3.05, 3.63) is 52.3 Å². The summed E-state index contributed by atoms with van der Waals surface area (Å²) < 4.78 is 6.63. The highest BCUT2D eigenvalue weighted by Crippen LogP contribution is 2.31. The van der Waals surface area contributed by atoms with E-state index in [-0.39, 0.29) is 5.91 Å². The second-order valence-corrected chi connectivity index (χ2v) is 7.76. The van der Waals surface area contributed by atoms with Crippen LogP contribution in [0.25, 0.3) is 10.2 Å². The van der Waals surface area contributed by atoms with Crippen molar-refractivity contribution in [3.8, 4) is 0 Å². The van der Waals surface area contributed by atoms with Crippen LogP contribution in [0.2, 0.25) is 0 Å². The first-order chi connectivity index (χ1) is 12.7. The Morgan fingerprint density at radius 1 is 1.35 bits per heavy atom. The Bertz CT molecular complexity index is 897. The second kappa shape index (κ2) is 7.57. The molecule has 4 heterocycles. The zero-order valence-corrected chi connectivity index (χ0v) is 15.6. The number of nitrogens with one attached hydrogen (secondary N) is 2. The smallest absolute Gasteiger partial charge is 0.268 e. The van der Waals surface area contributed by atoms with E-state index in [0.717, 1.165) is 49.5 Å². The molecule has 0 atom stereocenters. The van der Waals surface area contributed by atoms with Crippen molar-refractivity contribution in [2.24, 2.45) is 0 Å². The number of thiophene rings is 1. The zero-order valence-electron chi connectivity index (χ0n) is 14.7. The maximum Gasteiger partial charge on any atom is 0.268 e. The van der Waals surface area contributed by atoms with Crippen molar-refractivity contribution in [2.45, 2.75) is 20.0 Å². The molecule has 6 nitrogen and oxygen atoms in total. The van der Waals surface area contributed by atoms with Crippen molar-refractivity contribution in [1.82, 2.24) is 20.2 Å². The van der Waals surface area contributed by atoms with Crippen LogP contribution in [-0.4, -0.2) is 47.1 Å². The Kier molecular flexibility index (Phi) is 5.01. The lowest BCUT2D eigenvalue weighted by Gasteiger charge is -2.26. The topological polar surface area (TPSA) is 70.2 Å². The highest BCUT2D eigenvalue weighted by molar-refractivity contribution is 7.19. The van der Waals surface area contributed by atoms with Gasteiger partial charge in [-0.25, -0.2) is 0 Å². The number of hydrogen-bond acceptors (Lipinski definition) is 5. The number of amides is 1. The minimum atomic E-state index is -0.0638. The summed E-state index contributed by atoms with van der Waals surface area (Å²) in [6.07, 6.45) is 3.47. The van der Waals surface area contributed by atoms with Crippen molar-refractivity contribution >= 4 is 27.5 Å². The highest BCUT2D eigenvalue weighted by Gasteiger charge is 2.22. The molecule has 4 rings (SSSR count). The number of nitrogens with zero attached hydrogens (tertiary/aromatic N) is 2. The van der Waals surface area contributed by atoms with Gasteiger partial charge in [0, 0.05) is 49.0 Å². The van der Waals surface area contributed by atoms with Gasteiger partial charge in [0.25, 0.3) is 5.91 Å². The number of aromatic amines is 1. The number of fused-ring (bicyclic) bond motifs is 1. The third-order valence-electron chi connectivity index (χ3n) is 4.61. The van der Waals surface area contributed by atoms with Gasteiger partial charge in [-0.1, -0.05) is 0 Å². The largest absolute Gasteiger partial charge is 0.379 e. The molecule has 0 spiro atoms. The first-order valence-corrected chi connectivity index (χ1v) is 9.60. The normalized spacial score (nSPS) is 15.4. The summed E-state index contributed by atoms with van der Waals surface area (Å²) >= 11 is 1.74. The Hall–Kier alpha value is -2.22. The molecule has 1 amide bonds. The second-order valence-electron chi connectivity index (χ2n) is 6.51. The Balaban J connectivity index is 1.57. The van der Waals surface area contributed by atoms with Gasteiger partial charge in [-0.15, -0.1) is 11.3 Å². The maximum absolute atomic E-state index is 12.8. The predicted octanol–water partition coefficient (Wildman–Crippen LogP) is 2.70. The molecule has 2 N–H and O–H groups in total. The molecule has 0 unspecified atom stereocenters. The molecule has 7 heteroatoms. The summed E-state index contributed by atoms with van der Waals surface area (Å²) in [5.41, 5.74) is 3.84. The van der Waals surface area contributed by atoms with E-state index in [2.05, 4.69) is 33.2 Å². The Morgan fingerprint density at radius 2 is 2.12 bits per heavy atom. The summed E-state index contributed by atoms with van der Waals surface area (Å²) in [6.45, 7) is 6.65. The van der Waals surface area contributed by atoms with Crippen molar-refractivity contribution in [3.63, 3.8) is 0 Å². The molecule has 0 aromatic carbocycles. The van der Waals surface area contributed by atoms with Gasteiger partial charge in [0.2, 0.25) is 0 Å². The fourth-order valence-corrected chi connectivity index (χ4v) is 4.26. The third-order valence-corrected chi connectivity index (χ3v) is 5.72. The number of rotatable bonds is 5. The summed E-state index contributed by atoms with van der Waals surface area (Å²) in [4.78, 5) is 23.8. The molecule has 0 saturated carbocycles.